The summed E-state index contributed by atoms with van der Waals surface area (Å²) in [5.41, 5.74) is 4.92. The molecule has 30 heavy (non-hydrogen) atoms. The van der Waals surface area contributed by atoms with E-state index in [2.05, 4.69) is 46.9 Å². The van der Waals surface area contributed by atoms with Crippen LogP contribution < -0.4 is 10.1 Å². The van der Waals surface area contributed by atoms with Crippen LogP contribution in [0.4, 0.5) is 5.69 Å². The molecule has 2 atom stereocenters. The Morgan fingerprint density at radius 1 is 1.30 bits per heavy atom. The second-order valence-corrected chi connectivity index (χ2v) is 9.19. The topological polar surface area (TPSA) is 81.4 Å². The quantitative estimate of drug-likeness (QED) is 0.699. The minimum atomic E-state index is -0.0599. The van der Waals surface area contributed by atoms with Gasteiger partial charge in [-0.25, -0.2) is 4.98 Å². The summed E-state index contributed by atoms with van der Waals surface area (Å²) in [5.74, 6) is 1.62. The molecule has 1 amide bonds. The summed E-state index contributed by atoms with van der Waals surface area (Å²) in [6, 6.07) is 5.71. The first-order chi connectivity index (χ1) is 14.3. The Morgan fingerprint density at radius 2 is 2.10 bits per heavy atom. The number of hydrogen-bond acceptors (Lipinski definition) is 5. The maximum absolute atomic E-state index is 11.9. The smallest absolute Gasteiger partial charge is 0.254 e. The van der Waals surface area contributed by atoms with E-state index in [4.69, 9.17) is 9.72 Å². The number of aromatic nitrogens is 4. The SMILES string of the molecule is CCC(=O)Nc1cc(-c2cn3c4c(nnc3n2)C2CCC4(C)C2(C)C)ccc1OC. The zero-order valence-electron chi connectivity index (χ0n) is 18.1. The number of hydrogen-bond donors (Lipinski definition) is 1. The number of rotatable bonds is 4. The Kier molecular flexibility index (Phi) is 3.98. The molecule has 3 aromatic rings. The lowest BCUT2D eigenvalue weighted by atomic mass is 9.70. The van der Waals surface area contributed by atoms with Crippen molar-refractivity contribution in [2.24, 2.45) is 5.41 Å². The highest BCUT2D eigenvalue weighted by molar-refractivity contribution is 5.93. The Morgan fingerprint density at radius 3 is 2.83 bits per heavy atom. The van der Waals surface area contributed by atoms with Crippen LogP contribution in [0.15, 0.2) is 24.4 Å². The van der Waals surface area contributed by atoms with Crippen LogP contribution in [0, 0.1) is 5.41 Å². The van der Waals surface area contributed by atoms with Crippen LogP contribution in [0.2, 0.25) is 0 Å². The Bertz CT molecular complexity index is 1180. The van der Waals surface area contributed by atoms with Crippen molar-refractivity contribution >= 4 is 17.4 Å². The van der Waals surface area contributed by atoms with Gasteiger partial charge in [0, 0.05) is 29.5 Å². The van der Waals surface area contributed by atoms with Crippen LogP contribution in [0.1, 0.15) is 64.3 Å². The number of carbonyl (C=O) groups is 1. The van der Waals surface area contributed by atoms with E-state index in [1.165, 1.54) is 5.69 Å². The number of imidazole rings is 1. The van der Waals surface area contributed by atoms with E-state index in [1.807, 2.05) is 25.1 Å². The van der Waals surface area contributed by atoms with Crippen LogP contribution in [0.5, 0.6) is 5.75 Å². The Labute approximate surface area is 175 Å². The fraction of sp³-hybridized carbons (Fsp3) is 0.478. The van der Waals surface area contributed by atoms with Crippen molar-refractivity contribution in [3.63, 3.8) is 0 Å². The first kappa shape index (κ1) is 19.0. The second-order valence-electron chi connectivity index (χ2n) is 9.19. The molecule has 0 radical (unpaired) electrons. The lowest BCUT2D eigenvalue weighted by Gasteiger charge is -2.34. The summed E-state index contributed by atoms with van der Waals surface area (Å²) in [6.07, 6.45) is 4.77. The average Bonchev–Trinajstić information content (AvgIpc) is 3.31. The van der Waals surface area contributed by atoms with Crippen molar-refractivity contribution in [2.75, 3.05) is 12.4 Å². The number of benzene rings is 1. The standard InChI is InChI=1S/C23H27N5O2/c1-6-18(29)24-15-11-13(7-8-17(15)30-5)16-12-28-20-19(26-27-21(28)25-16)14-9-10-23(20,4)22(14,2)3/h7-8,11-12,14H,6,9-10H2,1-5H3,(H,24,29). The highest BCUT2D eigenvalue weighted by atomic mass is 16.5. The number of nitrogens with one attached hydrogen (secondary N) is 1. The van der Waals surface area contributed by atoms with Crippen LogP contribution in [-0.4, -0.2) is 32.6 Å². The largest absolute Gasteiger partial charge is 0.495 e. The molecule has 1 aromatic carbocycles. The number of fused-ring (bicyclic) bond motifs is 7. The van der Waals surface area contributed by atoms with Crippen molar-refractivity contribution in [3.8, 4) is 17.0 Å². The Balaban J connectivity index is 1.63. The fourth-order valence-corrected chi connectivity index (χ4v) is 5.40. The number of anilines is 1. The van der Waals surface area contributed by atoms with E-state index in [0.29, 0.717) is 29.6 Å². The van der Waals surface area contributed by atoms with Gasteiger partial charge in [0.25, 0.3) is 5.78 Å². The number of nitrogens with zero attached hydrogens (tertiary/aromatic N) is 4. The lowest BCUT2D eigenvalue weighted by Crippen LogP contribution is -2.32. The molecule has 7 heteroatoms. The second kappa shape index (κ2) is 6.27. The van der Waals surface area contributed by atoms with E-state index >= 15 is 0 Å². The van der Waals surface area contributed by atoms with Gasteiger partial charge in [0.15, 0.2) is 0 Å². The van der Waals surface area contributed by atoms with Gasteiger partial charge >= 0.3 is 0 Å². The van der Waals surface area contributed by atoms with Crippen LogP contribution >= 0.6 is 0 Å². The summed E-state index contributed by atoms with van der Waals surface area (Å²) in [4.78, 5) is 16.7. The highest BCUT2D eigenvalue weighted by Crippen LogP contribution is 2.66. The monoisotopic (exact) mass is 405 g/mol. The Hall–Kier alpha value is -2.96. The van der Waals surface area contributed by atoms with Gasteiger partial charge in [0.05, 0.1) is 29.9 Å². The minimum absolute atomic E-state index is 0.0549. The van der Waals surface area contributed by atoms with Crippen LogP contribution in [0.25, 0.3) is 17.0 Å². The third-order valence-electron chi connectivity index (χ3n) is 7.59. The molecule has 1 N–H and O–H groups in total. The van der Waals surface area contributed by atoms with E-state index in [0.717, 1.165) is 29.8 Å². The summed E-state index contributed by atoms with van der Waals surface area (Å²) in [5, 5.41) is 12.0. The lowest BCUT2D eigenvalue weighted by molar-refractivity contribution is -0.115. The fourth-order valence-electron chi connectivity index (χ4n) is 5.40. The normalized spacial score (nSPS) is 23.6. The molecule has 2 aromatic heterocycles. The molecular formula is C23H27N5O2. The summed E-state index contributed by atoms with van der Waals surface area (Å²) >= 11 is 0. The van der Waals surface area contributed by atoms with Crippen molar-refractivity contribution in [3.05, 3.63) is 35.8 Å². The maximum Gasteiger partial charge on any atom is 0.254 e. The molecule has 1 fully saturated rings. The molecule has 0 saturated heterocycles. The molecule has 0 aliphatic heterocycles. The zero-order chi connectivity index (χ0) is 21.3. The van der Waals surface area contributed by atoms with Gasteiger partial charge in [-0.1, -0.05) is 27.7 Å². The van der Waals surface area contributed by atoms with E-state index in [9.17, 15) is 4.79 Å². The van der Waals surface area contributed by atoms with Gasteiger partial charge in [-0.3, -0.25) is 9.20 Å². The highest BCUT2D eigenvalue weighted by Gasteiger charge is 2.61. The van der Waals surface area contributed by atoms with Crippen molar-refractivity contribution in [2.45, 2.75) is 58.3 Å². The molecule has 1 saturated carbocycles. The predicted molar refractivity (Wildman–Crippen MR) is 115 cm³/mol. The zero-order valence-corrected chi connectivity index (χ0v) is 18.1. The van der Waals surface area contributed by atoms with Gasteiger partial charge in [-0.2, -0.15) is 0 Å². The number of amides is 1. The third kappa shape index (κ3) is 2.38. The van der Waals surface area contributed by atoms with E-state index < -0.39 is 0 Å². The summed E-state index contributed by atoms with van der Waals surface area (Å²) < 4.78 is 7.54. The number of carbonyl (C=O) groups excluding carboxylic acids is 1. The molecule has 5 rings (SSSR count). The van der Waals surface area contributed by atoms with Crippen LogP contribution in [0.3, 0.4) is 0 Å². The van der Waals surface area contributed by atoms with E-state index in [1.54, 1.807) is 7.11 Å². The number of methoxy groups -OCH3 is 1. The molecule has 7 nitrogen and oxygen atoms in total. The van der Waals surface area contributed by atoms with Gasteiger partial charge in [0.1, 0.15) is 5.75 Å². The molecular weight excluding hydrogens is 378 g/mol. The van der Waals surface area contributed by atoms with Crippen molar-refractivity contribution in [1.82, 2.24) is 19.6 Å². The first-order valence-corrected chi connectivity index (χ1v) is 10.5. The maximum atomic E-state index is 11.9. The number of ether oxygens (including phenoxy) is 1. The van der Waals surface area contributed by atoms with Crippen molar-refractivity contribution in [1.29, 1.82) is 0 Å². The third-order valence-corrected chi connectivity index (χ3v) is 7.59. The summed E-state index contributed by atoms with van der Waals surface area (Å²) in [6.45, 7) is 8.87. The molecule has 2 aliphatic rings. The predicted octanol–water partition coefficient (Wildman–Crippen LogP) is 4.32. The molecule has 0 spiro atoms. The molecule has 156 valence electrons. The summed E-state index contributed by atoms with van der Waals surface area (Å²) in [7, 11) is 1.60. The van der Waals surface area contributed by atoms with Crippen molar-refractivity contribution < 1.29 is 9.53 Å². The molecule has 2 bridgehead atoms. The average molecular weight is 406 g/mol. The minimum Gasteiger partial charge on any atom is -0.495 e. The molecule has 2 aliphatic carbocycles. The first-order valence-electron chi connectivity index (χ1n) is 10.5. The van der Waals surface area contributed by atoms with Gasteiger partial charge in [-0.05, 0) is 36.5 Å². The van der Waals surface area contributed by atoms with Gasteiger partial charge < -0.3 is 10.1 Å². The van der Waals surface area contributed by atoms with Crippen LogP contribution in [-0.2, 0) is 10.2 Å². The van der Waals surface area contributed by atoms with Gasteiger partial charge in [-0.15, -0.1) is 10.2 Å². The molecule has 2 unspecified atom stereocenters. The van der Waals surface area contributed by atoms with E-state index in [-0.39, 0.29) is 16.7 Å². The van der Waals surface area contributed by atoms with Gasteiger partial charge in [0.2, 0.25) is 5.91 Å². The molecule has 2 heterocycles.